The molecule has 39 heavy (non-hydrogen) atoms. The molecule has 3 rings (SSSR count). The van der Waals surface area contributed by atoms with E-state index in [4.69, 9.17) is 0 Å². The minimum atomic E-state index is -3.16. The largest absolute Gasteiger partial charge is 0.349 e. The van der Waals surface area contributed by atoms with Gasteiger partial charge in [-0.1, -0.05) is 45.5 Å². The Balaban J connectivity index is 2.22. The number of nitrogens with one attached hydrogen (secondary N) is 1. The van der Waals surface area contributed by atoms with Gasteiger partial charge in [-0.3, -0.25) is 24.3 Å². The molecule has 7 nitrogen and oxygen atoms in total. The lowest BCUT2D eigenvalue weighted by molar-refractivity contribution is -0.148. The topological polar surface area (TPSA) is 82.6 Å². The van der Waals surface area contributed by atoms with Gasteiger partial charge >= 0.3 is 0 Å². The molecule has 210 valence electrons. The molecule has 1 aliphatic rings. The van der Waals surface area contributed by atoms with Gasteiger partial charge in [0.05, 0.1) is 0 Å². The lowest BCUT2D eigenvalue weighted by Gasteiger charge is -2.42. The van der Waals surface area contributed by atoms with Crippen LogP contribution in [0.15, 0.2) is 61.4 Å². The van der Waals surface area contributed by atoms with E-state index in [-0.39, 0.29) is 12.0 Å². The quantitative estimate of drug-likeness (QED) is 0.512. The molecular formula is C30H38F2N4O3. The number of pyridine rings is 1. The Morgan fingerprint density at radius 3 is 2.28 bits per heavy atom. The zero-order chi connectivity index (χ0) is 29.2. The number of nitrogens with zero attached hydrogens (tertiary/aromatic N) is 3. The molecule has 1 saturated heterocycles. The summed E-state index contributed by atoms with van der Waals surface area (Å²) in [6, 6.07) is 7.66. The zero-order valence-corrected chi connectivity index (χ0v) is 23.5. The number of rotatable bonds is 6. The second kappa shape index (κ2) is 11.2. The first-order valence-electron chi connectivity index (χ1n) is 13.0. The van der Waals surface area contributed by atoms with Gasteiger partial charge in [-0.25, -0.2) is 8.78 Å². The van der Waals surface area contributed by atoms with Gasteiger partial charge < -0.3 is 10.2 Å². The van der Waals surface area contributed by atoms with Crippen LogP contribution in [0.2, 0.25) is 0 Å². The fourth-order valence-electron chi connectivity index (χ4n) is 4.62. The van der Waals surface area contributed by atoms with Crippen molar-refractivity contribution in [1.29, 1.82) is 0 Å². The summed E-state index contributed by atoms with van der Waals surface area (Å²) in [4.78, 5) is 47.3. The van der Waals surface area contributed by atoms with Crippen LogP contribution < -0.4 is 10.2 Å². The molecule has 2 aromatic rings. The first kappa shape index (κ1) is 29.9. The number of likely N-dealkylation sites (tertiary alicyclic amines) is 1. The predicted octanol–water partition coefficient (Wildman–Crippen LogP) is 5.18. The summed E-state index contributed by atoms with van der Waals surface area (Å²) < 4.78 is 29.4. The van der Waals surface area contributed by atoms with Gasteiger partial charge in [0.25, 0.3) is 11.8 Å². The van der Waals surface area contributed by atoms with Crippen molar-refractivity contribution in [3.05, 3.63) is 72.6 Å². The number of hydrogen-bond acceptors (Lipinski definition) is 4. The van der Waals surface area contributed by atoms with Crippen LogP contribution in [0.25, 0.3) is 0 Å². The van der Waals surface area contributed by atoms with Crippen LogP contribution in [0, 0.1) is 0 Å². The van der Waals surface area contributed by atoms with E-state index in [0.717, 1.165) is 16.5 Å². The monoisotopic (exact) mass is 540 g/mol. The van der Waals surface area contributed by atoms with Crippen LogP contribution in [-0.2, 0) is 19.8 Å². The van der Waals surface area contributed by atoms with Crippen molar-refractivity contribution in [2.45, 2.75) is 83.3 Å². The Bertz CT molecular complexity index is 1200. The van der Waals surface area contributed by atoms with Crippen LogP contribution >= 0.6 is 0 Å². The van der Waals surface area contributed by atoms with Crippen LogP contribution in [0.5, 0.6) is 0 Å². The number of hydrogen-bond donors (Lipinski definition) is 1. The van der Waals surface area contributed by atoms with E-state index < -0.39 is 54.1 Å². The van der Waals surface area contributed by atoms with Gasteiger partial charge in [0.1, 0.15) is 12.1 Å². The molecule has 0 saturated carbocycles. The van der Waals surface area contributed by atoms with Crippen molar-refractivity contribution in [3.63, 3.8) is 0 Å². The van der Waals surface area contributed by atoms with E-state index in [2.05, 4.69) is 16.9 Å². The van der Waals surface area contributed by atoms with Crippen LogP contribution in [0.3, 0.4) is 0 Å². The summed E-state index contributed by atoms with van der Waals surface area (Å²) in [5.74, 6) is -5.07. The Hall–Kier alpha value is -3.62. The number of piperidine rings is 1. The molecular weight excluding hydrogens is 502 g/mol. The average Bonchev–Trinajstić information content (AvgIpc) is 2.84. The molecule has 3 amide bonds. The molecule has 1 fully saturated rings. The first-order chi connectivity index (χ1) is 18.0. The van der Waals surface area contributed by atoms with Crippen LogP contribution in [0.4, 0.5) is 14.5 Å². The Kier molecular flexibility index (Phi) is 8.63. The van der Waals surface area contributed by atoms with Gasteiger partial charge in [-0.15, -0.1) is 0 Å². The van der Waals surface area contributed by atoms with Gasteiger partial charge in [-0.2, -0.15) is 0 Å². The maximum Gasteiger partial charge on any atom is 0.252 e. The molecule has 0 bridgehead atoms. The van der Waals surface area contributed by atoms with Crippen LogP contribution in [-0.4, -0.2) is 51.7 Å². The Morgan fingerprint density at radius 1 is 1.13 bits per heavy atom. The van der Waals surface area contributed by atoms with Gasteiger partial charge in [0.15, 0.2) is 0 Å². The maximum atomic E-state index is 14.7. The van der Waals surface area contributed by atoms with E-state index in [9.17, 15) is 23.2 Å². The van der Waals surface area contributed by atoms with Gasteiger partial charge in [-0.05, 0) is 56.0 Å². The van der Waals surface area contributed by atoms with Crippen molar-refractivity contribution in [1.82, 2.24) is 15.2 Å². The Labute approximate surface area is 229 Å². The summed E-state index contributed by atoms with van der Waals surface area (Å²) in [6.45, 7) is 14.7. The summed E-state index contributed by atoms with van der Waals surface area (Å²) in [5.41, 5.74) is 0.898. The standard InChI is InChI=1S/C30H38F2N4O3/c1-8-24(37)35-17-15-30(31,32)18-23(35)27(39)36(22-13-11-21(12-14-22)28(2,3)4)25(20-10-9-16-33-19-20)26(38)34-29(5,6)7/h8-14,16,19,23,25H,1,15,17-18H2,2-7H3,(H,34,38). The molecule has 9 heteroatoms. The third-order valence-electron chi connectivity index (χ3n) is 6.58. The van der Waals surface area contributed by atoms with E-state index in [1.807, 2.05) is 53.7 Å². The highest BCUT2D eigenvalue weighted by Crippen LogP contribution is 2.37. The minimum absolute atomic E-state index is 0.182. The molecule has 1 N–H and O–H groups in total. The molecule has 1 aromatic carbocycles. The summed E-state index contributed by atoms with van der Waals surface area (Å²) in [5, 5.41) is 2.92. The minimum Gasteiger partial charge on any atom is -0.349 e. The predicted molar refractivity (Wildman–Crippen MR) is 147 cm³/mol. The number of halogens is 2. The zero-order valence-electron chi connectivity index (χ0n) is 23.5. The number of carbonyl (C=O) groups excluding carboxylic acids is 3. The highest BCUT2D eigenvalue weighted by molar-refractivity contribution is 6.05. The molecule has 2 heterocycles. The number of benzene rings is 1. The third-order valence-corrected chi connectivity index (χ3v) is 6.58. The van der Waals surface area contributed by atoms with Crippen LogP contribution in [0.1, 0.15) is 71.6 Å². The van der Waals surface area contributed by atoms with E-state index >= 15 is 0 Å². The van der Waals surface area contributed by atoms with Crippen molar-refractivity contribution >= 4 is 23.4 Å². The number of carbonyl (C=O) groups is 3. The number of alkyl halides is 2. The second-order valence-electron chi connectivity index (χ2n) is 12.0. The first-order valence-corrected chi connectivity index (χ1v) is 13.0. The Morgan fingerprint density at radius 2 is 1.77 bits per heavy atom. The fourth-order valence-corrected chi connectivity index (χ4v) is 4.62. The maximum absolute atomic E-state index is 14.7. The van der Waals surface area contributed by atoms with Crippen molar-refractivity contribution in [2.75, 3.05) is 11.4 Å². The number of aromatic nitrogens is 1. The molecule has 2 unspecified atom stereocenters. The molecule has 2 atom stereocenters. The van der Waals surface area contributed by atoms with E-state index in [1.165, 1.54) is 11.1 Å². The highest BCUT2D eigenvalue weighted by atomic mass is 19.3. The lowest BCUT2D eigenvalue weighted by Crippen LogP contribution is -2.59. The normalized spacial score (nSPS) is 18.2. The summed E-state index contributed by atoms with van der Waals surface area (Å²) in [7, 11) is 0. The van der Waals surface area contributed by atoms with Crippen molar-refractivity contribution in [2.24, 2.45) is 0 Å². The van der Waals surface area contributed by atoms with Gasteiger partial charge in [0.2, 0.25) is 11.8 Å². The van der Waals surface area contributed by atoms with Crippen molar-refractivity contribution < 1.29 is 23.2 Å². The lowest BCUT2D eigenvalue weighted by atomic mass is 9.87. The smallest absolute Gasteiger partial charge is 0.252 e. The third kappa shape index (κ3) is 7.28. The van der Waals surface area contributed by atoms with Crippen molar-refractivity contribution in [3.8, 4) is 0 Å². The van der Waals surface area contributed by atoms with E-state index in [0.29, 0.717) is 11.3 Å². The number of amides is 3. The fraction of sp³-hybridized carbons (Fsp3) is 0.467. The summed E-state index contributed by atoms with van der Waals surface area (Å²) in [6.07, 6.45) is 2.60. The second-order valence-corrected chi connectivity index (χ2v) is 12.0. The molecule has 1 aliphatic heterocycles. The molecule has 0 spiro atoms. The SMILES string of the molecule is C=CC(=O)N1CCC(F)(F)CC1C(=O)N(c1ccc(C(C)(C)C)cc1)C(C(=O)NC(C)(C)C)c1cccnc1. The average molecular weight is 541 g/mol. The molecule has 0 aliphatic carbocycles. The summed E-state index contributed by atoms with van der Waals surface area (Å²) >= 11 is 0. The molecule has 0 radical (unpaired) electrons. The van der Waals surface area contributed by atoms with E-state index in [1.54, 1.807) is 30.5 Å². The molecule has 1 aromatic heterocycles. The highest BCUT2D eigenvalue weighted by Gasteiger charge is 2.48. The number of anilines is 1. The van der Waals surface area contributed by atoms with Gasteiger partial charge in [0, 0.05) is 48.6 Å².